The second-order valence-corrected chi connectivity index (χ2v) is 4.78. The van der Waals surface area contributed by atoms with Gasteiger partial charge in [0.15, 0.2) is 0 Å². The van der Waals surface area contributed by atoms with Gasteiger partial charge in [0.25, 0.3) is 5.91 Å². The van der Waals surface area contributed by atoms with Crippen LogP contribution in [0, 0.1) is 0 Å². The van der Waals surface area contributed by atoms with E-state index in [9.17, 15) is 4.79 Å². The molecule has 0 atom stereocenters. The first kappa shape index (κ1) is 14.0. The summed E-state index contributed by atoms with van der Waals surface area (Å²) in [6.45, 7) is 4.55. The summed E-state index contributed by atoms with van der Waals surface area (Å²) < 4.78 is 0. The number of carbonyl (C=O) groups excluding carboxylic acids is 1. The fraction of sp³-hybridized carbons (Fsp3) is 0.267. The van der Waals surface area contributed by atoms with Crippen LogP contribution in [0.2, 0.25) is 0 Å². The molecule has 20 heavy (non-hydrogen) atoms. The summed E-state index contributed by atoms with van der Waals surface area (Å²) in [7, 11) is 0. The maximum Gasteiger partial charge on any atom is 0.270 e. The van der Waals surface area contributed by atoms with Crippen molar-refractivity contribution in [2.45, 2.75) is 26.4 Å². The zero-order valence-electron chi connectivity index (χ0n) is 11.6. The number of nitrogens with zero attached hydrogens (tertiary/aromatic N) is 2. The van der Waals surface area contributed by atoms with Crippen molar-refractivity contribution >= 4 is 11.6 Å². The third-order valence-corrected chi connectivity index (χ3v) is 2.63. The van der Waals surface area contributed by atoms with Gasteiger partial charge >= 0.3 is 0 Å². The summed E-state index contributed by atoms with van der Waals surface area (Å²) >= 11 is 0. The molecule has 0 saturated carbocycles. The van der Waals surface area contributed by atoms with E-state index in [4.69, 9.17) is 0 Å². The van der Waals surface area contributed by atoms with E-state index in [1.165, 1.54) is 0 Å². The maximum atomic E-state index is 11.9. The van der Waals surface area contributed by atoms with Crippen LogP contribution in [0.5, 0.6) is 0 Å². The SMILES string of the molecule is CC(C)Nc1ccc(C(=O)NCc2cccnc2)nc1. The van der Waals surface area contributed by atoms with Crippen LogP contribution in [-0.2, 0) is 6.54 Å². The number of aromatic nitrogens is 2. The second-order valence-electron chi connectivity index (χ2n) is 4.78. The number of rotatable bonds is 5. The smallest absolute Gasteiger partial charge is 0.270 e. The highest BCUT2D eigenvalue weighted by atomic mass is 16.1. The second kappa shape index (κ2) is 6.65. The van der Waals surface area contributed by atoms with E-state index in [1.807, 2.05) is 18.2 Å². The Balaban J connectivity index is 1.92. The highest BCUT2D eigenvalue weighted by Gasteiger charge is 2.07. The van der Waals surface area contributed by atoms with E-state index >= 15 is 0 Å². The van der Waals surface area contributed by atoms with E-state index in [0.29, 0.717) is 18.3 Å². The number of hydrogen-bond acceptors (Lipinski definition) is 4. The number of carbonyl (C=O) groups is 1. The van der Waals surface area contributed by atoms with Crippen LogP contribution in [0.15, 0.2) is 42.9 Å². The molecule has 2 aromatic rings. The molecule has 0 radical (unpaired) electrons. The number of hydrogen-bond donors (Lipinski definition) is 2. The van der Waals surface area contributed by atoms with Crippen LogP contribution < -0.4 is 10.6 Å². The minimum atomic E-state index is -0.190. The van der Waals surface area contributed by atoms with Crippen LogP contribution in [-0.4, -0.2) is 21.9 Å². The normalized spacial score (nSPS) is 10.3. The molecule has 5 nitrogen and oxygen atoms in total. The van der Waals surface area contributed by atoms with E-state index in [0.717, 1.165) is 11.3 Å². The fourth-order valence-electron chi connectivity index (χ4n) is 1.72. The van der Waals surface area contributed by atoms with Crippen LogP contribution in [0.25, 0.3) is 0 Å². The Morgan fingerprint density at radius 1 is 1.25 bits per heavy atom. The number of anilines is 1. The molecule has 0 aliphatic carbocycles. The van der Waals surface area contributed by atoms with Gasteiger partial charge in [0.1, 0.15) is 5.69 Å². The van der Waals surface area contributed by atoms with Gasteiger partial charge in [0, 0.05) is 25.0 Å². The molecule has 0 fully saturated rings. The Kier molecular flexibility index (Phi) is 4.65. The monoisotopic (exact) mass is 270 g/mol. The maximum absolute atomic E-state index is 11.9. The van der Waals surface area contributed by atoms with Gasteiger partial charge in [-0.2, -0.15) is 0 Å². The van der Waals surface area contributed by atoms with Crippen molar-refractivity contribution in [3.05, 3.63) is 54.1 Å². The Hall–Kier alpha value is -2.43. The quantitative estimate of drug-likeness (QED) is 0.874. The summed E-state index contributed by atoms with van der Waals surface area (Å²) in [6, 6.07) is 7.65. The minimum absolute atomic E-state index is 0.190. The standard InChI is InChI=1S/C15H18N4O/c1-11(2)19-13-5-6-14(17-10-13)15(20)18-9-12-4-3-7-16-8-12/h3-8,10-11,19H,9H2,1-2H3,(H,18,20). The van der Waals surface area contributed by atoms with Crippen LogP contribution >= 0.6 is 0 Å². The average molecular weight is 270 g/mol. The van der Waals surface area contributed by atoms with Crippen molar-refractivity contribution in [3.63, 3.8) is 0 Å². The lowest BCUT2D eigenvalue weighted by Crippen LogP contribution is -2.23. The van der Waals surface area contributed by atoms with Gasteiger partial charge in [-0.1, -0.05) is 6.07 Å². The van der Waals surface area contributed by atoms with Crippen molar-refractivity contribution in [3.8, 4) is 0 Å². The Morgan fingerprint density at radius 3 is 2.70 bits per heavy atom. The minimum Gasteiger partial charge on any atom is -0.382 e. The van der Waals surface area contributed by atoms with E-state index < -0.39 is 0 Å². The van der Waals surface area contributed by atoms with Gasteiger partial charge in [0.05, 0.1) is 11.9 Å². The van der Waals surface area contributed by atoms with E-state index in [-0.39, 0.29) is 5.91 Å². The molecule has 1 amide bonds. The van der Waals surface area contributed by atoms with Gasteiger partial charge in [-0.15, -0.1) is 0 Å². The molecular weight excluding hydrogens is 252 g/mol. The van der Waals surface area contributed by atoms with Crippen LogP contribution in [0.1, 0.15) is 29.9 Å². The van der Waals surface area contributed by atoms with Crippen molar-refractivity contribution in [2.24, 2.45) is 0 Å². The zero-order chi connectivity index (χ0) is 14.4. The molecule has 5 heteroatoms. The number of nitrogens with one attached hydrogen (secondary N) is 2. The Morgan fingerprint density at radius 2 is 2.10 bits per heavy atom. The Bertz CT molecular complexity index is 552. The summed E-state index contributed by atoms with van der Waals surface area (Å²) in [6.07, 6.45) is 5.09. The predicted octanol–water partition coefficient (Wildman–Crippen LogP) is 2.23. The van der Waals surface area contributed by atoms with Gasteiger partial charge in [0.2, 0.25) is 0 Å². The highest BCUT2D eigenvalue weighted by Crippen LogP contribution is 2.07. The molecule has 0 spiro atoms. The van der Waals surface area contributed by atoms with Gasteiger partial charge < -0.3 is 10.6 Å². The van der Waals surface area contributed by atoms with Gasteiger partial charge in [-0.25, -0.2) is 4.98 Å². The van der Waals surface area contributed by atoms with Crippen molar-refractivity contribution in [1.29, 1.82) is 0 Å². The summed E-state index contributed by atoms with van der Waals surface area (Å²) in [4.78, 5) is 20.1. The first-order valence-electron chi connectivity index (χ1n) is 6.55. The number of amides is 1. The lowest BCUT2D eigenvalue weighted by Gasteiger charge is -2.10. The predicted molar refractivity (Wildman–Crippen MR) is 78.4 cm³/mol. The number of pyridine rings is 2. The molecule has 2 N–H and O–H groups in total. The van der Waals surface area contributed by atoms with Gasteiger partial charge in [-0.05, 0) is 37.6 Å². The molecule has 0 unspecified atom stereocenters. The first-order valence-corrected chi connectivity index (χ1v) is 6.55. The molecule has 0 aromatic carbocycles. The van der Waals surface area contributed by atoms with Crippen molar-refractivity contribution in [1.82, 2.24) is 15.3 Å². The van der Waals surface area contributed by atoms with E-state index in [2.05, 4.69) is 34.4 Å². The molecule has 104 valence electrons. The Labute approximate surface area is 118 Å². The molecule has 2 aromatic heterocycles. The summed E-state index contributed by atoms with van der Waals surface area (Å²) in [5.74, 6) is -0.190. The molecular formula is C15H18N4O. The molecule has 2 rings (SSSR count). The molecule has 2 heterocycles. The average Bonchev–Trinajstić information content (AvgIpc) is 2.46. The largest absolute Gasteiger partial charge is 0.382 e. The zero-order valence-corrected chi connectivity index (χ0v) is 11.6. The first-order chi connectivity index (χ1) is 9.65. The van der Waals surface area contributed by atoms with Crippen LogP contribution in [0.4, 0.5) is 5.69 Å². The van der Waals surface area contributed by atoms with Gasteiger partial charge in [-0.3, -0.25) is 9.78 Å². The third-order valence-electron chi connectivity index (χ3n) is 2.63. The highest BCUT2D eigenvalue weighted by molar-refractivity contribution is 5.92. The topological polar surface area (TPSA) is 66.9 Å². The van der Waals surface area contributed by atoms with Crippen LogP contribution in [0.3, 0.4) is 0 Å². The third kappa shape index (κ3) is 4.05. The fourth-order valence-corrected chi connectivity index (χ4v) is 1.72. The molecule has 0 saturated heterocycles. The lowest BCUT2D eigenvalue weighted by molar-refractivity contribution is 0.0946. The molecule has 0 bridgehead atoms. The summed E-state index contributed by atoms with van der Waals surface area (Å²) in [5.41, 5.74) is 2.27. The van der Waals surface area contributed by atoms with Crippen molar-refractivity contribution in [2.75, 3.05) is 5.32 Å². The summed E-state index contributed by atoms with van der Waals surface area (Å²) in [5, 5.41) is 6.04. The van der Waals surface area contributed by atoms with Crippen molar-refractivity contribution < 1.29 is 4.79 Å². The lowest BCUT2D eigenvalue weighted by atomic mass is 10.2. The molecule has 0 aliphatic rings. The molecule has 0 aliphatic heterocycles. The van der Waals surface area contributed by atoms with E-state index in [1.54, 1.807) is 24.7 Å².